The quantitative estimate of drug-likeness (QED) is 0.601. The molecule has 2 aromatic heterocycles. The van der Waals surface area contributed by atoms with Gasteiger partial charge in [-0.2, -0.15) is 0 Å². The first-order valence-electron chi connectivity index (χ1n) is 11.0. The molecule has 0 spiro atoms. The maximum atomic E-state index is 4.95. The first-order chi connectivity index (χ1) is 13.4. The summed E-state index contributed by atoms with van der Waals surface area (Å²) in [7, 11) is 0. The van der Waals surface area contributed by atoms with Crippen LogP contribution in [0.5, 0.6) is 0 Å². The lowest BCUT2D eigenvalue weighted by atomic mass is 9.72. The predicted octanol–water partition coefficient (Wildman–Crippen LogP) is 6.03. The van der Waals surface area contributed by atoms with Gasteiger partial charge in [-0.1, -0.05) is 83.1 Å². The Balaban J connectivity index is 2.46. The molecular formula is C25H41N5. The highest BCUT2D eigenvalue weighted by Gasteiger charge is 2.37. The molecule has 0 saturated heterocycles. The predicted molar refractivity (Wildman–Crippen MR) is 124 cm³/mol. The third-order valence-electron chi connectivity index (χ3n) is 5.42. The van der Waals surface area contributed by atoms with Crippen molar-refractivity contribution in [3.05, 3.63) is 41.3 Å². The molecule has 0 fully saturated rings. The van der Waals surface area contributed by atoms with Crippen LogP contribution < -0.4 is 0 Å². The van der Waals surface area contributed by atoms with Crippen LogP contribution in [-0.4, -0.2) is 24.9 Å². The van der Waals surface area contributed by atoms with Gasteiger partial charge in [-0.3, -0.25) is 9.97 Å². The average Bonchev–Trinajstić information content (AvgIpc) is 2.59. The Labute approximate surface area is 183 Å². The van der Waals surface area contributed by atoms with Crippen LogP contribution in [-0.2, 0) is 21.7 Å². The third kappa shape index (κ3) is 5.61. The molecule has 0 N–H and O–H groups in total. The molecule has 2 heterocycles. The molecule has 0 radical (unpaired) electrons. The van der Waals surface area contributed by atoms with Gasteiger partial charge in [-0.25, -0.2) is 15.0 Å². The zero-order chi connectivity index (χ0) is 23.1. The SMILES string of the molecule is CC(C)c1cnc(C(C)(C)CC(C)(C)c2nc(C(C)(C)C)nc(C(C)(C)C)n2)cn1. The molecule has 0 unspecified atom stereocenters. The van der Waals surface area contributed by atoms with Crippen molar-refractivity contribution in [2.75, 3.05) is 0 Å². The van der Waals surface area contributed by atoms with Crippen molar-refractivity contribution >= 4 is 0 Å². The number of nitrogens with zero attached hydrogens (tertiary/aromatic N) is 5. The Kier molecular flexibility index (Phi) is 6.47. The van der Waals surface area contributed by atoms with Gasteiger partial charge in [0.2, 0.25) is 0 Å². The van der Waals surface area contributed by atoms with Crippen LogP contribution in [0.4, 0.5) is 0 Å². The fourth-order valence-corrected chi connectivity index (χ4v) is 3.61. The van der Waals surface area contributed by atoms with E-state index in [4.69, 9.17) is 19.9 Å². The van der Waals surface area contributed by atoms with Crippen LogP contribution >= 0.6 is 0 Å². The Hall–Kier alpha value is -1.91. The van der Waals surface area contributed by atoms with Gasteiger partial charge in [-0.15, -0.1) is 0 Å². The standard InChI is InChI=1S/C25H41N5/c1-16(2)17-13-27-18(14-26-17)24(9,10)15-25(11,12)21-29-19(22(3,4)5)28-20(30-21)23(6,7)8/h13-14,16H,15H2,1-12H3. The smallest absolute Gasteiger partial charge is 0.138 e. The van der Waals surface area contributed by atoms with E-state index in [9.17, 15) is 0 Å². The second-order valence-corrected chi connectivity index (χ2v) is 12.2. The molecule has 0 amide bonds. The van der Waals surface area contributed by atoms with E-state index in [1.54, 1.807) is 0 Å². The molecule has 0 bridgehead atoms. The first kappa shape index (κ1) is 24.4. The fraction of sp³-hybridized carbons (Fsp3) is 0.720. The number of hydrogen-bond acceptors (Lipinski definition) is 5. The summed E-state index contributed by atoms with van der Waals surface area (Å²) in [5, 5.41) is 0. The topological polar surface area (TPSA) is 64.5 Å². The van der Waals surface area contributed by atoms with E-state index < -0.39 is 0 Å². The van der Waals surface area contributed by atoms with Crippen molar-refractivity contribution in [2.45, 2.75) is 117 Å². The average molecular weight is 412 g/mol. The lowest BCUT2D eigenvalue weighted by molar-refractivity contribution is 0.321. The highest BCUT2D eigenvalue weighted by atomic mass is 15.1. The van der Waals surface area contributed by atoms with Gasteiger partial charge in [0.1, 0.15) is 17.5 Å². The van der Waals surface area contributed by atoms with Gasteiger partial charge in [0.05, 0.1) is 11.4 Å². The van der Waals surface area contributed by atoms with Crippen molar-refractivity contribution in [1.29, 1.82) is 0 Å². The molecule has 30 heavy (non-hydrogen) atoms. The molecule has 5 heteroatoms. The minimum Gasteiger partial charge on any atom is -0.258 e. The second-order valence-electron chi connectivity index (χ2n) is 12.2. The summed E-state index contributed by atoms with van der Waals surface area (Å²) in [5.74, 6) is 2.93. The molecule has 0 aliphatic heterocycles. The molecule has 0 saturated carbocycles. The molecule has 0 atom stereocenters. The lowest BCUT2D eigenvalue weighted by Crippen LogP contribution is -2.35. The van der Waals surface area contributed by atoms with Crippen molar-refractivity contribution in [1.82, 2.24) is 24.9 Å². The van der Waals surface area contributed by atoms with Crippen LogP contribution in [0.3, 0.4) is 0 Å². The van der Waals surface area contributed by atoms with Crippen LogP contribution in [0.25, 0.3) is 0 Å². The van der Waals surface area contributed by atoms with E-state index in [0.29, 0.717) is 5.92 Å². The van der Waals surface area contributed by atoms with Gasteiger partial charge >= 0.3 is 0 Å². The Morgan fingerprint density at radius 2 is 1.10 bits per heavy atom. The van der Waals surface area contributed by atoms with E-state index in [-0.39, 0.29) is 21.7 Å². The fourth-order valence-electron chi connectivity index (χ4n) is 3.61. The summed E-state index contributed by atoms with van der Waals surface area (Å²) < 4.78 is 0. The number of rotatable bonds is 5. The van der Waals surface area contributed by atoms with Crippen LogP contribution in [0.1, 0.15) is 124 Å². The minimum absolute atomic E-state index is 0.137. The summed E-state index contributed by atoms with van der Waals surface area (Å²) in [4.78, 5) is 24.1. The normalized spacial score (nSPS) is 13.8. The highest BCUT2D eigenvalue weighted by Crippen LogP contribution is 2.38. The Morgan fingerprint density at radius 1 is 0.633 bits per heavy atom. The van der Waals surface area contributed by atoms with Crippen molar-refractivity contribution in [3.8, 4) is 0 Å². The van der Waals surface area contributed by atoms with E-state index in [1.807, 2.05) is 12.4 Å². The van der Waals surface area contributed by atoms with Gasteiger partial charge in [0.15, 0.2) is 0 Å². The van der Waals surface area contributed by atoms with Crippen molar-refractivity contribution in [3.63, 3.8) is 0 Å². The summed E-state index contributed by atoms with van der Waals surface area (Å²) in [6.45, 7) is 26.1. The summed E-state index contributed by atoms with van der Waals surface area (Å²) in [5.41, 5.74) is 1.34. The molecule has 0 aliphatic carbocycles. The molecule has 2 aromatic rings. The highest BCUT2D eigenvalue weighted by molar-refractivity contribution is 5.20. The first-order valence-corrected chi connectivity index (χ1v) is 11.0. The molecule has 2 rings (SSSR count). The van der Waals surface area contributed by atoms with E-state index in [2.05, 4.69) is 88.1 Å². The van der Waals surface area contributed by atoms with Gasteiger partial charge in [-0.05, 0) is 12.3 Å². The zero-order valence-electron chi connectivity index (χ0n) is 21.2. The Morgan fingerprint density at radius 3 is 1.47 bits per heavy atom. The van der Waals surface area contributed by atoms with E-state index in [1.165, 1.54) is 0 Å². The molecular weight excluding hydrogens is 370 g/mol. The second kappa shape index (κ2) is 7.97. The monoisotopic (exact) mass is 411 g/mol. The van der Waals surface area contributed by atoms with Crippen LogP contribution in [0, 0.1) is 0 Å². The summed E-state index contributed by atoms with van der Waals surface area (Å²) in [6, 6.07) is 0. The lowest BCUT2D eigenvalue weighted by Gasteiger charge is -2.34. The largest absolute Gasteiger partial charge is 0.258 e. The van der Waals surface area contributed by atoms with Crippen LogP contribution in [0.2, 0.25) is 0 Å². The number of aromatic nitrogens is 5. The Bertz CT molecular complexity index is 834. The van der Waals surface area contributed by atoms with E-state index >= 15 is 0 Å². The van der Waals surface area contributed by atoms with E-state index in [0.717, 1.165) is 35.3 Å². The maximum absolute atomic E-state index is 4.95. The van der Waals surface area contributed by atoms with Crippen molar-refractivity contribution < 1.29 is 0 Å². The molecule has 166 valence electrons. The summed E-state index contributed by atoms with van der Waals surface area (Å²) in [6.07, 6.45) is 4.69. The van der Waals surface area contributed by atoms with Gasteiger partial charge < -0.3 is 0 Å². The third-order valence-corrected chi connectivity index (χ3v) is 5.42. The molecule has 5 nitrogen and oxygen atoms in total. The molecule has 0 aromatic carbocycles. The number of hydrogen-bond donors (Lipinski definition) is 0. The molecule has 0 aliphatic rings. The zero-order valence-corrected chi connectivity index (χ0v) is 21.2. The van der Waals surface area contributed by atoms with Crippen LogP contribution in [0.15, 0.2) is 12.4 Å². The van der Waals surface area contributed by atoms with Crippen molar-refractivity contribution in [2.24, 2.45) is 0 Å². The summed E-state index contributed by atoms with van der Waals surface area (Å²) >= 11 is 0. The minimum atomic E-state index is -0.245. The van der Waals surface area contributed by atoms with Gasteiger partial charge in [0, 0.05) is 34.1 Å². The van der Waals surface area contributed by atoms with Gasteiger partial charge in [0.25, 0.3) is 0 Å². The maximum Gasteiger partial charge on any atom is 0.138 e.